The second-order valence-electron chi connectivity index (χ2n) is 5.05. The fourth-order valence-corrected chi connectivity index (χ4v) is 2.41. The van der Waals surface area contributed by atoms with Gasteiger partial charge in [0.25, 0.3) is 0 Å². The van der Waals surface area contributed by atoms with Crippen LogP contribution in [0.3, 0.4) is 0 Å². The number of benzene rings is 2. The molecule has 0 aliphatic rings. The van der Waals surface area contributed by atoms with Crippen molar-refractivity contribution in [3.8, 4) is 0 Å². The van der Waals surface area contributed by atoms with Crippen molar-refractivity contribution < 1.29 is 23.1 Å². The molecule has 0 unspecified atom stereocenters. The van der Waals surface area contributed by atoms with Gasteiger partial charge in [0.05, 0.1) is 29.4 Å². The number of carboxylic acid groups (broad SMARTS) is 1. The SMILES string of the molecule is O=C(O)c1cccc2cnn(Cc3ccc(C(F)(F)F)cc3)c12. The van der Waals surface area contributed by atoms with Gasteiger partial charge in [-0.15, -0.1) is 0 Å². The summed E-state index contributed by atoms with van der Waals surface area (Å²) in [6, 6.07) is 9.54. The summed E-state index contributed by atoms with van der Waals surface area (Å²) in [5, 5.41) is 14.1. The van der Waals surface area contributed by atoms with Gasteiger partial charge < -0.3 is 5.11 Å². The Kier molecular flexibility index (Phi) is 3.55. The first-order valence-corrected chi connectivity index (χ1v) is 6.70. The summed E-state index contributed by atoms with van der Waals surface area (Å²) in [6.07, 6.45) is -2.85. The van der Waals surface area contributed by atoms with Crippen molar-refractivity contribution in [3.63, 3.8) is 0 Å². The molecule has 0 fully saturated rings. The quantitative estimate of drug-likeness (QED) is 0.798. The summed E-state index contributed by atoms with van der Waals surface area (Å²) in [5.74, 6) is -1.08. The maximum Gasteiger partial charge on any atom is 0.416 e. The maximum atomic E-state index is 12.6. The molecule has 0 atom stereocenters. The molecule has 0 amide bonds. The van der Waals surface area contributed by atoms with E-state index in [1.54, 1.807) is 12.1 Å². The largest absolute Gasteiger partial charge is 0.478 e. The zero-order valence-electron chi connectivity index (χ0n) is 11.7. The number of nitrogens with zero attached hydrogens (tertiary/aromatic N) is 2. The minimum Gasteiger partial charge on any atom is -0.478 e. The molecule has 2 aromatic carbocycles. The molecule has 4 nitrogen and oxygen atoms in total. The summed E-state index contributed by atoms with van der Waals surface area (Å²) >= 11 is 0. The van der Waals surface area contributed by atoms with Gasteiger partial charge in [-0.3, -0.25) is 4.68 Å². The number of carboxylic acids is 1. The van der Waals surface area contributed by atoms with E-state index in [1.165, 1.54) is 29.1 Å². The normalized spacial score (nSPS) is 11.8. The van der Waals surface area contributed by atoms with Crippen molar-refractivity contribution in [2.45, 2.75) is 12.7 Å². The second-order valence-corrected chi connectivity index (χ2v) is 5.05. The van der Waals surface area contributed by atoms with E-state index >= 15 is 0 Å². The Morgan fingerprint density at radius 2 is 1.83 bits per heavy atom. The highest BCUT2D eigenvalue weighted by atomic mass is 19.4. The van der Waals surface area contributed by atoms with Gasteiger partial charge in [0, 0.05) is 5.39 Å². The monoisotopic (exact) mass is 320 g/mol. The van der Waals surface area contributed by atoms with Crippen LogP contribution in [0.1, 0.15) is 21.5 Å². The van der Waals surface area contributed by atoms with E-state index in [0.29, 0.717) is 16.5 Å². The lowest BCUT2D eigenvalue weighted by atomic mass is 10.1. The highest BCUT2D eigenvalue weighted by Gasteiger charge is 2.29. The van der Waals surface area contributed by atoms with Crippen LogP contribution in [0.25, 0.3) is 10.9 Å². The fourth-order valence-electron chi connectivity index (χ4n) is 2.41. The topological polar surface area (TPSA) is 55.1 Å². The van der Waals surface area contributed by atoms with Crippen molar-refractivity contribution in [3.05, 3.63) is 65.4 Å². The first kappa shape index (κ1) is 15.1. The molecule has 3 aromatic rings. The molecule has 0 spiro atoms. The summed E-state index contributed by atoms with van der Waals surface area (Å²) in [5.41, 5.74) is 0.424. The van der Waals surface area contributed by atoms with E-state index < -0.39 is 17.7 Å². The first-order valence-electron chi connectivity index (χ1n) is 6.70. The lowest BCUT2D eigenvalue weighted by molar-refractivity contribution is -0.137. The van der Waals surface area contributed by atoms with Crippen LogP contribution in [0.2, 0.25) is 0 Å². The third-order valence-corrected chi connectivity index (χ3v) is 3.51. The average molecular weight is 320 g/mol. The first-order chi connectivity index (χ1) is 10.9. The number of aromatic carboxylic acids is 1. The smallest absolute Gasteiger partial charge is 0.416 e. The van der Waals surface area contributed by atoms with E-state index in [-0.39, 0.29) is 12.1 Å². The number of fused-ring (bicyclic) bond motifs is 1. The van der Waals surface area contributed by atoms with Crippen molar-refractivity contribution >= 4 is 16.9 Å². The molecule has 0 bridgehead atoms. The number of alkyl halides is 3. The number of carbonyl (C=O) groups is 1. The van der Waals surface area contributed by atoms with E-state index in [2.05, 4.69) is 5.10 Å². The lowest BCUT2D eigenvalue weighted by Gasteiger charge is -2.09. The molecule has 0 aliphatic carbocycles. The van der Waals surface area contributed by atoms with Gasteiger partial charge in [0.15, 0.2) is 0 Å². The van der Waals surface area contributed by atoms with Crippen molar-refractivity contribution in [1.82, 2.24) is 9.78 Å². The molecule has 3 rings (SSSR count). The molecular formula is C16H11F3N2O2. The minimum absolute atomic E-state index is 0.104. The van der Waals surface area contributed by atoms with Crippen LogP contribution in [0.4, 0.5) is 13.2 Å². The van der Waals surface area contributed by atoms with Crippen LogP contribution in [-0.4, -0.2) is 20.9 Å². The molecule has 118 valence electrons. The molecule has 7 heteroatoms. The Hall–Kier alpha value is -2.83. The van der Waals surface area contributed by atoms with Gasteiger partial charge in [0.1, 0.15) is 0 Å². The molecule has 0 radical (unpaired) electrons. The van der Waals surface area contributed by atoms with Gasteiger partial charge >= 0.3 is 12.1 Å². The lowest BCUT2D eigenvalue weighted by Crippen LogP contribution is -2.07. The maximum absolute atomic E-state index is 12.6. The fraction of sp³-hybridized carbons (Fsp3) is 0.125. The van der Waals surface area contributed by atoms with Gasteiger partial charge in [-0.25, -0.2) is 4.79 Å². The molecular weight excluding hydrogens is 309 g/mol. The highest BCUT2D eigenvalue weighted by molar-refractivity contribution is 6.01. The third kappa shape index (κ3) is 2.90. The van der Waals surface area contributed by atoms with Gasteiger partial charge in [-0.1, -0.05) is 24.3 Å². The van der Waals surface area contributed by atoms with E-state index in [1.807, 2.05) is 0 Å². The Morgan fingerprint density at radius 3 is 2.43 bits per heavy atom. The average Bonchev–Trinajstić information content (AvgIpc) is 2.90. The molecule has 1 N–H and O–H groups in total. The van der Waals surface area contributed by atoms with Crippen LogP contribution in [0.5, 0.6) is 0 Å². The van der Waals surface area contributed by atoms with E-state index in [0.717, 1.165) is 12.1 Å². The number of hydrogen-bond donors (Lipinski definition) is 1. The molecule has 1 aromatic heterocycles. The predicted octanol–water partition coefficient (Wildman–Crippen LogP) is 3.80. The van der Waals surface area contributed by atoms with Gasteiger partial charge in [-0.05, 0) is 23.8 Å². The molecule has 0 saturated heterocycles. The number of para-hydroxylation sites is 1. The van der Waals surface area contributed by atoms with Gasteiger partial charge in [0.2, 0.25) is 0 Å². The van der Waals surface area contributed by atoms with Crippen LogP contribution in [0, 0.1) is 0 Å². The van der Waals surface area contributed by atoms with Crippen molar-refractivity contribution in [2.75, 3.05) is 0 Å². The zero-order chi connectivity index (χ0) is 16.6. The summed E-state index contributed by atoms with van der Waals surface area (Å²) < 4.78 is 39.2. The Balaban J connectivity index is 1.97. The number of hydrogen-bond acceptors (Lipinski definition) is 2. The number of rotatable bonds is 3. The van der Waals surface area contributed by atoms with Gasteiger partial charge in [-0.2, -0.15) is 18.3 Å². The minimum atomic E-state index is -4.38. The number of halogens is 3. The standard InChI is InChI=1S/C16H11F3N2O2/c17-16(18,19)12-6-4-10(5-7-12)9-21-14-11(8-20-21)2-1-3-13(14)15(22)23/h1-8H,9H2,(H,22,23). The summed E-state index contributed by atoms with van der Waals surface area (Å²) in [4.78, 5) is 11.3. The highest BCUT2D eigenvalue weighted by Crippen LogP contribution is 2.29. The Bertz CT molecular complexity index is 867. The zero-order valence-corrected chi connectivity index (χ0v) is 11.7. The molecule has 23 heavy (non-hydrogen) atoms. The molecule has 0 saturated carbocycles. The van der Waals surface area contributed by atoms with Crippen molar-refractivity contribution in [1.29, 1.82) is 0 Å². The van der Waals surface area contributed by atoms with Crippen LogP contribution >= 0.6 is 0 Å². The molecule has 0 aliphatic heterocycles. The summed E-state index contributed by atoms with van der Waals surface area (Å²) in [6.45, 7) is 0.186. The molecule has 1 heterocycles. The van der Waals surface area contributed by atoms with E-state index in [4.69, 9.17) is 0 Å². The van der Waals surface area contributed by atoms with Crippen LogP contribution in [0.15, 0.2) is 48.7 Å². The predicted molar refractivity (Wildman–Crippen MR) is 77.2 cm³/mol. The van der Waals surface area contributed by atoms with E-state index in [9.17, 15) is 23.1 Å². The number of aromatic nitrogens is 2. The van der Waals surface area contributed by atoms with Crippen molar-refractivity contribution in [2.24, 2.45) is 0 Å². The summed E-state index contributed by atoms with van der Waals surface area (Å²) in [7, 11) is 0. The second kappa shape index (κ2) is 5.42. The Labute approximate surface area is 128 Å². The van der Waals surface area contributed by atoms with Crippen LogP contribution in [-0.2, 0) is 12.7 Å². The Morgan fingerprint density at radius 1 is 1.13 bits per heavy atom. The third-order valence-electron chi connectivity index (χ3n) is 3.51. The van der Waals surface area contributed by atoms with Crippen LogP contribution < -0.4 is 0 Å².